The van der Waals surface area contributed by atoms with Gasteiger partial charge in [0.05, 0.1) is 22.0 Å². The summed E-state index contributed by atoms with van der Waals surface area (Å²) in [6, 6.07) is 12.0. The Balaban J connectivity index is 1.64. The molecule has 1 aliphatic rings. The molecule has 0 unspecified atom stereocenters. The minimum atomic E-state index is 0.0347. The number of thiazole rings is 2. The first kappa shape index (κ1) is 26.0. The fourth-order valence-corrected chi connectivity index (χ4v) is 7.50. The van der Waals surface area contributed by atoms with Crippen molar-refractivity contribution in [1.82, 2.24) is 4.57 Å². The van der Waals surface area contributed by atoms with E-state index >= 15 is 0 Å². The Kier molecular flexibility index (Phi) is 7.50. The smallest absolute Gasteiger partial charge is 0.269 e. The molecule has 0 radical (unpaired) electrons. The van der Waals surface area contributed by atoms with Gasteiger partial charge in [-0.05, 0) is 70.2 Å². The Morgan fingerprint density at radius 2 is 1.57 bits per heavy atom. The van der Waals surface area contributed by atoms with Crippen molar-refractivity contribution in [2.75, 3.05) is 22.9 Å². The van der Waals surface area contributed by atoms with Crippen molar-refractivity contribution in [1.29, 1.82) is 0 Å². The van der Waals surface area contributed by atoms with E-state index in [9.17, 15) is 4.79 Å². The number of benzene rings is 2. The van der Waals surface area contributed by atoms with E-state index in [1.807, 2.05) is 41.8 Å². The molecule has 3 heterocycles. The lowest BCUT2D eigenvalue weighted by Crippen LogP contribution is -2.35. The minimum absolute atomic E-state index is 0.0347. The molecule has 37 heavy (non-hydrogen) atoms. The molecule has 0 N–H and O–H groups in total. The maximum atomic E-state index is 13.4. The van der Waals surface area contributed by atoms with Crippen molar-refractivity contribution >= 4 is 79.6 Å². The highest BCUT2D eigenvalue weighted by Gasteiger charge is 2.29. The van der Waals surface area contributed by atoms with Gasteiger partial charge >= 0.3 is 0 Å². The normalized spacial score (nSPS) is 15.6. The van der Waals surface area contributed by atoms with Gasteiger partial charge in [0.15, 0.2) is 0 Å². The van der Waals surface area contributed by atoms with Crippen molar-refractivity contribution in [3.8, 4) is 0 Å². The van der Waals surface area contributed by atoms with Gasteiger partial charge in [-0.1, -0.05) is 34.5 Å². The number of rotatable bonds is 6. The lowest BCUT2D eigenvalue weighted by molar-refractivity contribution is -0.665. The molecule has 192 valence electrons. The van der Waals surface area contributed by atoms with Crippen LogP contribution in [0.2, 0.25) is 10.0 Å². The Labute approximate surface area is 234 Å². The summed E-state index contributed by atoms with van der Waals surface area (Å²) in [4.78, 5) is 17.9. The summed E-state index contributed by atoms with van der Waals surface area (Å²) in [5.74, 6) is 1.05. The van der Waals surface area contributed by atoms with Gasteiger partial charge in [0.1, 0.15) is 21.7 Å². The molecule has 9 heteroatoms. The molecule has 0 bridgehead atoms. The molecule has 2 aromatic carbocycles. The zero-order valence-corrected chi connectivity index (χ0v) is 24.4. The first-order chi connectivity index (χ1) is 17.9. The van der Waals surface area contributed by atoms with Crippen LogP contribution in [0.15, 0.2) is 53.1 Å². The quantitative estimate of drug-likeness (QED) is 0.283. The van der Waals surface area contributed by atoms with Crippen molar-refractivity contribution in [2.45, 2.75) is 40.8 Å². The van der Waals surface area contributed by atoms with Crippen LogP contribution in [0.1, 0.15) is 32.7 Å². The molecule has 0 aliphatic carbocycles. The Hall–Kier alpha value is -2.58. The average Bonchev–Trinajstić information content (AvgIpc) is 3.49. The molecule has 1 aliphatic heterocycles. The van der Waals surface area contributed by atoms with Gasteiger partial charge < -0.3 is 9.80 Å². The molecule has 4 aromatic rings. The van der Waals surface area contributed by atoms with E-state index < -0.39 is 0 Å². The zero-order chi connectivity index (χ0) is 26.3. The number of aryl methyl sites for hydroxylation is 1. The maximum absolute atomic E-state index is 13.4. The predicted molar refractivity (Wildman–Crippen MR) is 160 cm³/mol. The number of allylic oxidation sites excluding steroid dienone is 1. The molecule has 5 rings (SSSR count). The fraction of sp³-hybridized carbons (Fsp3) is 0.286. The molecule has 5 nitrogen and oxygen atoms in total. The van der Waals surface area contributed by atoms with Gasteiger partial charge in [0.2, 0.25) is 5.52 Å². The third kappa shape index (κ3) is 4.63. The van der Waals surface area contributed by atoms with Crippen LogP contribution in [0.25, 0.3) is 22.4 Å². The van der Waals surface area contributed by atoms with Gasteiger partial charge in [0.25, 0.3) is 10.6 Å². The van der Waals surface area contributed by atoms with Gasteiger partial charge in [-0.25, -0.2) is 0 Å². The van der Waals surface area contributed by atoms with Gasteiger partial charge in [-0.15, -0.1) is 11.3 Å². The second-order valence-corrected chi connectivity index (χ2v) is 11.6. The molecule has 0 fully saturated rings. The summed E-state index contributed by atoms with van der Waals surface area (Å²) in [7, 11) is 0. The summed E-state index contributed by atoms with van der Waals surface area (Å²) in [6.45, 7) is 11.5. The van der Waals surface area contributed by atoms with E-state index in [-0.39, 0.29) is 5.56 Å². The number of aromatic nitrogens is 2. The lowest BCUT2D eigenvalue weighted by Gasteiger charge is -2.23. The van der Waals surface area contributed by atoms with Crippen LogP contribution in [0, 0.1) is 0 Å². The first-order valence-corrected chi connectivity index (χ1v) is 14.9. The number of halogens is 2. The lowest BCUT2D eigenvalue weighted by atomic mass is 10.2. The van der Waals surface area contributed by atoms with Crippen molar-refractivity contribution in [3.05, 3.63) is 82.9 Å². The molecule has 0 atom stereocenters. The third-order valence-electron chi connectivity index (χ3n) is 6.60. The summed E-state index contributed by atoms with van der Waals surface area (Å²) in [6.07, 6.45) is 6.15. The van der Waals surface area contributed by atoms with Crippen LogP contribution in [0.3, 0.4) is 0 Å². The number of fused-ring (bicyclic) bond motifs is 2. The molecular formula is C28H29Cl2N4OS2+. The maximum Gasteiger partial charge on any atom is 0.269 e. The zero-order valence-electron chi connectivity index (χ0n) is 21.3. The summed E-state index contributed by atoms with van der Waals surface area (Å²) >= 11 is 15.8. The van der Waals surface area contributed by atoms with E-state index in [1.54, 1.807) is 11.3 Å². The molecule has 2 aromatic heterocycles. The van der Waals surface area contributed by atoms with Crippen LogP contribution in [0.5, 0.6) is 0 Å². The largest absolute Gasteiger partial charge is 0.326 e. The monoisotopic (exact) mass is 571 g/mol. The second-order valence-electron chi connectivity index (χ2n) is 8.61. The number of nitrogens with zero attached hydrogens (tertiary/aromatic N) is 4. The first-order valence-electron chi connectivity index (χ1n) is 12.5. The number of anilines is 2. The summed E-state index contributed by atoms with van der Waals surface area (Å²) in [5.41, 5.74) is 3.38. The molecular weight excluding hydrogens is 543 g/mol. The standard InChI is InChI=1S/C28H29Cl2N4OS2/c1-5-31-20-11-9-18(29)15-21(20)32(6-2)25(31)14-13-24-28(35)34(8-4)27(37-24)17-26-33(7-3)22-16-19(30)10-12-23(22)36-26/h9-17H,5-8H2,1-4H3/q+1/b24-13-,25-14+. The molecule has 0 spiro atoms. The van der Waals surface area contributed by atoms with Crippen LogP contribution in [0.4, 0.5) is 11.4 Å². The average molecular weight is 573 g/mol. The fourth-order valence-electron chi connectivity index (χ4n) is 4.90. The summed E-state index contributed by atoms with van der Waals surface area (Å²) < 4.78 is 6.94. The van der Waals surface area contributed by atoms with E-state index in [4.69, 9.17) is 23.2 Å². The van der Waals surface area contributed by atoms with E-state index in [0.29, 0.717) is 11.1 Å². The highest BCUT2D eigenvalue weighted by molar-refractivity contribution is 7.19. The molecule has 0 amide bonds. The highest BCUT2D eigenvalue weighted by atomic mass is 35.5. The minimum Gasteiger partial charge on any atom is -0.326 e. The van der Waals surface area contributed by atoms with Crippen LogP contribution in [-0.2, 0) is 13.1 Å². The number of hydrogen-bond acceptors (Lipinski definition) is 5. The van der Waals surface area contributed by atoms with E-state index in [0.717, 1.165) is 62.1 Å². The van der Waals surface area contributed by atoms with Crippen molar-refractivity contribution in [3.63, 3.8) is 0 Å². The van der Waals surface area contributed by atoms with Crippen molar-refractivity contribution < 1.29 is 4.57 Å². The van der Waals surface area contributed by atoms with Gasteiger partial charge in [-0.2, -0.15) is 4.57 Å². The Morgan fingerprint density at radius 1 is 0.865 bits per heavy atom. The van der Waals surface area contributed by atoms with Crippen LogP contribution in [-0.4, -0.2) is 17.7 Å². The topological polar surface area (TPSA) is 32.4 Å². The second kappa shape index (κ2) is 10.7. The van der Waals surface area contributed by atoms with Crippen molar-refractivity contribution in [2.24, 2.45) is 0 Å². The molecule has 0 saturated carbocycles. The molecule has 0 saturated heterocycles. The van der Waals surface area contributed by atoms with E-state index in [2.05, 4.69) is 59.4 Å². The Morgan fingerprint density at radius 3 is 2.27 bits per heavy atom. The van der Waals surface area contributed by atoms with Crippen LogP contribution >= 0.6 is 45.9 Å². The van der Waals surface area contributed by atoms with E-state index in [1.165, 1.54) is 16.0 Å². The predicted octanol–water partition coefficient (Wildman–Crippen LogP) is 5.58. The SMILES string of the molecule is CCN1/C(=C\C=c2/sc(=Cc3sc4ccc(Cl)cc4[n+]3CC)n(CC)c2=O)N(CC)c2cc(Cl)ccc21. The van der Waals surface area contributed by atoms with Gasteiger partial charge in [0, 0.05) is 35.7 Å². The van der Waals surface area contributed by atoms with Gasteiger partial charge in [-0.3, -0.25) is 9.36 Å². The Bertz CT molecular complexity index is 1700. The number of hydrogen-bond donors (Lipinski definition) is 0. The highest BCUT2D eigenvalue weighted by Crippen LogP contribution is 2.42. The third-order valence-corrected chi connectivity index (χ3v) is 9.26. The van der Waals surface area contributed by atoms with Crippen LogP contribution < -0.4 is 29.1 Å². The summed E-state index contributed by atoms with van der Waals surface area (Å²) in [5, 5.41) is 2.55.